The smallest absolute Gasteiger partial charge is 0.364 e. The molecular weight excluding hydrogens is 498 g/mol. The lowest BCUT2D eigenvalue weighted by Crippen LogP contribution is -2.72. The van der Waals surface area contributed by atoms with Crippen LogP contribution in [0.1, 0.15) is 44.7 Å². The molecule has 0 bridgehead atoms. The Hall–Kier alpha value is -2.62. The van der Waals surface area contributed by atoms with E-state index in [1.807, 2.05) is 81.4 Å². The van der Waals surface area contributed by atoms with Crippen molar-refractivity contribution in [2.24, 2.45) is 5.41 Å². The zero-order valence-electron chi connectivity index (χ0n) is 20.8. The van der Waals surface area contributed by atoms with Gasteiger partial charge in [-0.2, -0.15) is 0 Å². The largest absolute Gasteiger partial charge is 0.431 e. The number of hydrogen-bond acceptors (Lipinski definition) is 7. The Morgan fingerprint density at radius 1 is 1.00 bits per heavy atom. The average Bonchev–Trinajstić information content (AvgIpc) is 3.47. The van der Waals surface area contributed by atoms with Crippen LogP contribution in [0.15, 0.2) is 71.9 Å². The topological polar surface area (TPSA) is 93.3 Å². The highest BCUT2D eigenvalue weighted by atomic mass is 32.3. The first kappa shape index (κ1) is 25.0. The molecule has 0 radical (unpaired) electrons. The number of sulfone groups is 1. The highest BCUT2D eigenvalue weighted by molar-refractivity contribution is 8.15. The third-order valence-electron chi connectivity index (χ3n) is 6.98. The fourth-order valence-electron chi connectivity index (χ4n) is 5.51. The van der Waals surface area contributed by atoms with E-state index in [-0.39, 0.29) is 5.91 Å². The van der Waals surface area contributed by atoms with Crippen LogP contribution >= 0.6 is 11.8 Å². The number of β-lactam (4-membered cyclic amide) rings is 1. The van der Waals surface area contributed by atoms with Crippen LogP contribution in [-0.4, -0.2) is 53.3 Å². The van der Waals surface area contributed by atoms with Gasteiger partial charge in [0.25, 0.3) is 10.8 Å². The molecule has 7 nitrogen and oxygen atoms in total. The van der Waals surface area contributed by atoms with Gasteiger partial charge in [-0.3, -0.25) is 9.69 Å². The van der Waals surface area contributed by atoms with E-state index in [0.29, 0.717) is 11.3 Å². The second-order valence-corrected chi connectivity index (χ2v) is 14.1. The number of hydrogen-bond donors (Lipinski definition) is 0. The molecule has 4 atom stereocenters. The quantitative estimate of drug-likeness (QED) is 0.413. The van der Waals surface area contributed by atoms with E-state index in [1.165, 1.54) is 12.0 Å². The normalized spacial score (nSPS) is 29.1. The number of epoxide rings is 1. The van der Waals surface area contributed by atoms with Crippen LogP contribution in [0, 0.1) is 5.41 Å². The summed E-state index contributed by atoms with van der Waals surface area (Å²) in [5, 5.41) is -1.14. The Morgan fingerprint density at radius 3 is 1.92 bits per heavy atom. The van der Waals surface area contributed by atoms with Crippen LogP contribution in [0.3, 0.4) is 0 Å². The monoisotopic (exact) mass is 527 g/mol. The van der Waals surface area contributed by atoms with E-state index in [9.17, 15) is 18.0 Å². The van der Waals surface area contributed by atoms with E-state index >= 15 is 0 Å². The van der Waals surface area contributed by atoms with Crippen molar-refractivity contribution in [1.29, 1.82) is 0 Å². The number of rotatable bonds is 6. The molecule has 0 aliphatic carbocycles. The molecule has 5 rings (SSSR count). The third-order valence-corrected chi connectivity index (χ3v) is 11.6. The number of amides is 1. The summed E-state index contributed by atoms with van der Waals surface area (Å²) in [5.74, 6) is -1.34. The number of allylic oxidation sites excluding steroid dienone is 1. The summed E-state index contributed by atoms with van der Waals surface area (Å²) in [6.07, 6.45) is -1.07. The van der Waals surface area contributed by atoms with E-state index in [1.54, 1.807) is 6.92 Å². The summed E-state index contributed by atoms with van der Waals surface area (Å²) in [4.78, 5) is 25.9. The van der Waals surface area contributed by atoms with Gasteiger partial charge in [0.05, 0.1) is 5.92 Å². The molecule has 2 unspecified atom stereocenters. The van der Waals surface area contributed by atoms with Crippen LogP contribution < -0.4 is 0 Å². The molecule has 3 heterocycles. The summed E-state index contributed by atoms with van der Waals surface area (Å²) in [5.41, 5.74) is 2.38. The Morgan fingerprint density at radius 2 is 1.50 bits per heavy atom. The molecule has 36 heavy (non-hydrogen) atoms. The van der Waals surface area contributed by atoms with Crippen molar-refractivity contribution in [2.75, 3.05) is 7.11 Å². The van der Waals surface area contributed by atoms with Gasteiger partial charge in [-0.1, -0.05) is 93.2 Å². The molecule has 3 aliphatic heterocycles. The zero-order valence-corrected chi connectivity index (χ0v) is 22.4. The molecule has 9 heteroatoms. The molecule has 2 fully saturated rings. The van der Waals surface area contributed by atoms with Gasteiger partial charge in [-0.05, 0) is 23.6 Å². The fraction of sp³-hybridized carbons (Fsp3) is 0.407. The lowest BCUT2D eigenvalue weighted by Gasteiger charge is -2.54. The van der Waals surface area contributed by atoms with Gasteiger partial charge in [-0.15, -0.1) is 0 Å². The van der Waals surface area contributed by atoms with Crippen LogP contribution in [0.5, 0.6) is 0 Å². The maximum atomic E-state index is 14.0. The molecule has 1 amide bonds. The molecule has 0 N–H and O–H groups in total. The summed E-state index contributed by atoms with van der Waals surface area (Å²) in [6, 6.07) is 19.0. The zero-order chi connectivity index (χ0) is 26.0. The number of carbonyl (C=O) groups excluding carboxylic acids is 2. The number of thioether (sulfide) groups is 1. The number of nitrogens with zero attached hydrogens (tertiary/aromatic N) is 1. The number of methoxy groups -OCH3 is 1. The number of fused-ring (bicyclic) bond motifs is 1. The Kier molecular flexibility index (Phi) is 5.89. The minimum absolute atomic E-state index is 0.362. The molecule has 190 valence electrons. The van der Waals surface area contributed by atoms with Crippen molar-refractivity contribution in [2.45, 2.75) is 54.6 Å². The highest BCUT2D eigenvalue weighted by Gasteiger charge is 2.70. The predicted octanol–water partition coefficient (Wildman–Crippen LogP) is 4.06. The molecule has 2 aromatic rings. The second-order valence-electron chi connectivity index (χ2n) is 10.4. The Bertz CT molecular complexity index is 1310. The number of ether oxygens (including phenoxy) is 2. The second kappa shape index (κ2) is 8.46. The van der Waals surface area contributed by atoms with E-state index in [4.69, 9.17) is 9.47 Å². The van der Waals surface area contributed by atoms with Gasteiger partial charge >= 0.3 is 5.97 Å². The first-order valence-corrected chi connectivity index (χ1v) is 14.2. The predicted molar refractivity (Wildman–Crippen MR) is 137 cm³/mol. The minimum atomic E-state index is -3.96. The van der Waals surface area contributed by atoms with Gasteiger partial charge in [0.15, 0.2) is 21.3 Å². The van der Waals surface area contributed by atoms with Crippen molar-refractivity contribution < 1.29 is 27.5 Å². The summed E-state index contributed by atoms with van der Waals surface area (Å²) < 4.78 is 37.9. The highest BCUT2D eigenvalue weighted by Crippen LogP contribution is 2.60. The van der Waals surface area contributed by atoms with Crippen LogP contribution in [-0.2, 0) is 28.9 Å². The average molecular weight is 528 g/mol. The van der Waals surface area contributed by atoms with Crippen molar-refractivity contribution in [3.8, 4) is 0 Å². The van der Waals surface area contributed by atoms with E-state index in [0.717, 1.165) is 22.9 Å². The lowest BCUT2D eigenvalue weighted by atomic mass is 9.85. The van der Waals surface area contributed by atoms with Gasteiger partial charge in [0.2, 0.25) is 0 Å². The van der Waals surface area contributed by atoms with Gasteiger partial charge in [0.1, 0.15) is 4.58 Å². The van der Waals surface area contributed by atoms with Crippen LogP contribution in [0.25, 0.3) is 0 Å². The maximum absolute atomic E-state index is 14.0. The van der Waals surface area contributed by atoms with E-state index < -0.39 is 48.1 Å². The number of cyclic esters (lactones) is 1. The Labute approximate surface area is 215 Å². The molecule has 0 saturated carbocycles. The number of benzene rings is 2. The van der Waals surface area contributed by atoms with Gasteiger partial charge in [-0.25, -0.2) is 13.2 Å². The van der Waals surface area contributed by atoms with Crippen molar-refractivity contribution in [3.63, 3.8) is 0 Å². The minimum Gasteiger partial charge on any atom is -0.431 e. The van der Waals surface area contributed by atoms with Crippen LogP contribution in [0.2, 0.25) is 0 Å². The standard InChI is InChI=1S/C27H29NO6S2/c1-16-21(26(2,3)4)28-22(29)20(33-5)23(28)36(31,32)24(16)35-27(25(30)34-27)19(17-12-8-6-9-13-17)18-14-10-7-11-15-18/h6-15,19-20,23-24H,1-5H3/t20-,23-,24?,27?/m0/s1. The summed E-state index contributed by atoms with van der Waals surface area (Å²) in [6.45, 7) is 7.57. The molecule has 0 spiro atoms. The molecule has 0 aromatic heterocycles. The van der Waals surface area contributed by atoms with Crippen molar-refractivity contribution in [1.82, 2.24) is 4.90 Å². The first-order chi connectivity index (χ1) is 16.9. The Balaban J connectivity index is 1.65. The SMILES string of the molecule is CO[C@H]1C(=O)N2C(C(C)(C)C)=C(C)C(SC3(C(c4ccccc4)c4ccccc4)OC3=O)S(=O)(=O)[C@@H]12. The molecule has 2 aromatic carbocycles. The fourth-order valence-corrected chi connectivity index (χ4v) is 9.98. The first-order valence-electron chi connectivity index (χ1n) is 11.8. The maximum Gasteiger partial charge on any atom is 0.364 e. The summed E-state index contributed by atoms with van der Waals surface area (Å²) >= 11 is 1.02. The lowest BCUT2D eigenvalue weighted by molar-refractivity contribution is -0.160. The molecular formula is C27H29NO6S2. The van der Waals surface area contributed by atoms with E-state index in [2.05, 4.69) is 0 Å². The summed E-state index contributed by atoms with van der Waals surface area (Å²) in [7, 11) is -2.62. The molecule has 3 aliphatic rings. The van der Waals surface area contributed by atoms with Crippen LogP contribution in [0.4, 0.5) is 0 Å². The van der Waals surface area contributed by atoms with Gasteiger partial charge < -0.3 is 9.47 Å². The number of carbonyl (C=O) groups is 2. The third kappa shape index (κ3) is 3.63. The van der Waals surface area contributed by atoms with Crippen molar-refractivity contribution >= 4 is 33.5 Å². The van der Waals surface area contributed by atoms with Gasteiger partial charge in [0, 0.05) is 18.2 Å². The van der Waals surface area contributed by atoms with Crippen molar-refractivity contribution in [3.05, 3.63) is 83.1 Å². The molecule has 2 saturated heterocycles.